The van der Waals surface area contributed by atoms with E-state index in [-0.39, 0.29) is 10.8 Å². The Hall–Kier alpha value is -6.26. The first-order valence-electron chi connectivity index (χ1n) is 20.0. The lowest BCUT2D eigenvalue weighted by Gasteiger charge is -2.42. The molecule has 272 valence electrons. The Labute approximate surface area is 326 Å². The van der Waals surface area contributed by atoms with Gasteiger partial charge in [0.2, 0.25) is 0 Å². The van der Waals surface area contributed by atoms with Crippen LogP contribution >= 0.6 is 0 Å². The van der Waals surface area contributed by atoms with Gasteiger partial charge in [-0.1, -0.05) is 119 Å². The van der Waals surface area contributed by atoms with Crippen molar-refractivity contribution in [2.24, 2.45) is 0 Å². The maximum atomic E-state index is 6.55. The van der Waals surface area contributed by atoms with Crippen LogP contribution < -0.4 is 10.6 Å². The molecule has 3 heterocycles. The van der Waals surface area contributed by atoms with Crippen LogP contribution in [-0.2, 0) is 10.8 Å². The Morgan fingerprint density at radius 2 is 1.29 bits per heavy atom. The molecule has 6 aromatic carbocycles. The fourth-order valence-electron chi connectivity index (χ4n) is 9.47. The molecule has 4 nitrogen and oxygen atoms in total. The van der Waals surface area contributed by atoms with E-state index >= 15 is 0 Å². The summed E-state index contributed by atoms with van der Waals surface area (Å²) in [7, 11) is 0. The summed E-state index contributed by atoms with van der Waals surface area (Å²) in [5.74, 6) is 0.692. The van der Waals surface area contributed by atoms with Crippen molar-refractivity contribution in [3.63, 3.8) is 0 Å². The quantitative estimate of drug-likeness (QED) is 0.181. The Balaban J connectivity index is 1.12. The van der Waals surface area contributed by atoms with Crippen molar-refractivity contribution in [3.05, 3.63) is 149 Å². The predicted octanol–water partition coefficient (Wildman–Crippen LogP) is 12.2. The third-order valence-electron chi connectivity index (χ3n) is 12.7. The monoisotopic (exact) mass is 725 g/mol. The van der Waals surface area contributed by atoms with E-state index in [2.05, 4.69) is 172 Å². The molecule has 0 saturated carbocycles. The van der Waals surface area contributed by atoms with Gasteiger partial charge in [0.1, 0.15) is 16.6 Å². The summed E-state index contributed by atoms with van der Waals surface area (Å²) in [5, 5.41) is 6.18. The summed E-state index contributed by atoms with van der Waals surface area (Å²) in [4.78, 5) is 10.5. The van der Waals surface area contributed by atoms with Crippen molar-refractivity contribution in [1.82, 2.24) is 14.5 Å². The summed E-state index contributed by atoms with van der Waals surface area (Å²) in [6.45, 7) is 9.67. The number of nitrogens with zero attached hydrogens (tertiary/aromatic N) is 3. The standard InChI is InChI=1S/C52H43N3O/c1-51(2)27-28-52(3,4)43-31-44-41(30-42(43)51)39-26-23-33-15-8-9-18-38(33)48(39)55(44)37-24-21-34(22-25-37)50-53-46(49-47(54-50)40-19-10-11-20-45(40)56-49)36-17-12-16-35(29-36)32-13-6-5-7-14-32/h5-9,12-26,29-31H,10-11,27-28H2,1-4H3. The first-order valence-corrected chi connectivity index (χ1v) is 20.0. The van der Waals surface area contributed by atoms with Crippen molar-refractivity contribution in [2.75, 3.05) is 0 Å². The molecule has 0 radical (unpaired) electrons. The molecule has 4 heteroatoms. The molecular formula is C52H43N3O. The zero-order chi connectivity index (χ0) is 37.8. The van der Waals surface area contributed by atoms with Crippen LogP contribution in [0.4, 0.5) is 0 Å². The molecule has 0 unspecified atom stereocenters. The molecule has 3 aromatic heterocycles. The smallest absolute Gasteiger partial charge is 0.180 e. The van der Waals surface area contributed by atoms with Crippen LogP contribution in [0.25, 0.3) is 95.3 Å². The summed E-state index contributed by atoms with van der Waals surface area (Å²) in [6, 6.07) is 46.4. The second-order valence-corrected chi connectivity index (χ2v) is 17.1. The van der Waals surface area contributed by atoms with E-state index < -0.39 is 0 Å². The fourth-order valence-corrected chi connectivity index (χ4v) is 9.47. The van der Waals surface area contributed by atoms with Crippen molar-refractivity contribution < 1.29 is 4.42 Å². The molecule has 0 spiro atoms. The molecule has 0 bridgehead atoms. The van der Waals surface area contributed by atoms with Crippen LogP contribution in [0.2, 0.25) is 0 Å². The molecule has 0 fully saturated rings. The normalized spacial score (nSPS) is 15.8. The van der Waals surface area contributed by atoms with Gasteiger partial charge in [-0.05, 0) is 113 Å². The minimum absolute atomic E-state index is 0.0992. The van der Waals surface area contributed by atoms with Gasteiger partial charge in [0.05, 0.1) is 11.0 Å². The van der Waals surface area contributed by atoms with Crippen molar-refractivity contribution in [1.29, 1.82) is 0 Å². The van der Waals surface area contributed by atoms with E-state index in [0.29, 0.717) is 5.82 Å². The van der Waals surface area contributed by atoms with Gasteiger partial charge in [-0.3, -0.25) is 0 Å². The third-order valence-corrected chi connectivity index (χ3v) is 12.7. The van der Waals surface area contributed by atoms with Gasteiger partial charge in [0, 0.05) is 38.2 Å². The van der Waals surface area contributed by atoms with Gasteiger partial charge in [0.25, 0.3) is 0 Å². The maximum Gasteiger partial charge on any atom is 0.180 e. The van der Waals surface area contributed by atoms with E-state index in [1.54, 1.807) is 0 Å². The molecular weight excluding hydrogens is 683 g/mol. The summed E-state index contributed by atoms with van der Waals surface area (Å²) >= 11 is 0. The van der Waals surface area contributed by atoms with Gasteiger partial charge in [-0.15, -0.1) is 0 Å². The highest BCUT2D eigenvalue weighted by atomic mass is 16.3. The Bertz CT molecular complexity index is 3180. The van der Waals surface area contributed by atoms with Gasteiger partial charge in [-0.2, -0.15) is 0 Å². The van der Waals surface area contributed by atoms with Gasteiger partial charge < -0.3 is 8.98 Å². The van der Waals surface area contributed by atoms with Crippen LogP contribution in [-0.4, -0.2) is 14.5 Å². The summed E-state index contributed by atoms with van der Waals surface area (Å²) in [5.41, 5.74) is 14.4. The van der Waals surface area contributed by atoms with Crippen LogP contribution in [0, 0.1) is 0 Å². The number of furan rings is 1. The zero-order valence-electron chi connectivity index (χ0n) is 32.4. The van der Waals surface area contributed by atoms with Crippen LogP contribution in [0.5, 0.6) is 0 Å². The first kappa shape index (κ1) is 33.1. The summed E-state index contributed by atoms with van der Waals surface area (Å²) in [6.07, 6.45) is 8.75. The molecule has 2 aliphatic carbocycles. The highest BCUT2D eigenvalue weighted by Crippen LogP contribution is 2.49. The average molecular weight is 726 g/mol. The van der Waals surface area contributed by atoms with E-state index in [1.165, 1.54) is 62.1 Å². The van der Waals surface area contributed by atoms with E-state index in [4.69, 9.17) is 14.4 Å². The molecule has 0 N–H and O–H groups in total. The number of aromatic nitrogens is 3. The van der Waals surface area contributed by atoms with E-state index in [0.717, 1.165) is 62.6 Å². The molecule has 0 saturated heterocycles. The van der Waals surface area contributed by atoms with Gasteiger partial charge in [0.15, 0.2) is 11.4 Å². The third kappa shape index (κ3) is 5.05. The Morgan fingerprint density at radius 3 is 2.11 bits per heavy atom. The molecule has 0 amide bonds. The molecule has 56 heavy (non-hydrogen) atoms. The first-order chi connectivity index (χ1) is 27.2. The fraction of sp³-hybridized carbons (Fsp3) is 0.192. The van der Waals surface area contributed by atoms with Crippen molar-refractivity contribution in [2.45, 2.75) is 64.2 Å². The van der Waals surface area contributed by atoms with Crippen LogP contribution in [0.1, 0.15) is 64.5 Å². The number of fused-ring (bicyclic) bond motifs is 9. The number of benzene rings is 6. The minimum atomic E-state index is 0.0992. The average Bonchev–Trinajstić information content (AvgIpc) is 3.78. The largest absolute Gasteiger partial charge is 0.452 e. The Morgan fingerprint density at radius 1 is 0.571 bits per heavy atom. The SMILES string of the molecule is CC1(C)CCC(C)(C)c2cc3c(cc21)c1ccc2ccccc2c1n3-c1ccc(-c2nc(-c3cccc(-c4ccccc4)c3)c3oc4c(c3n2)=CCCC=4)cc1. The lowest BCUT2D eigenvalue weighted by molar-refractivity contribution is 0.332. The molecule has 9 aromatic rings. The minimum Gasteiger partial charge on any atom is -0.452 e. The highest BCUT2D eigenvalue weighted by molar-refractivity contribution is 6.19. The topological polar surface area (TPSA) is 43.9 Å². The van der Waals surface area contributed by atoms with E-state index in [9.17, 15) is 0 Å². The second-order valence-electron chi connectivity index (χ2n) is 17.1. The number of hydrogen-bond acceptors (Lipinski definition) is 3. The van der Waals surface area contributed by atoms with Crippen molar-refractivity contribution in [3.8, 4) is 39.5 Å². The lowest BCUT2D eigenvalue weighted by Crippen LogP contribution is -2.33. The second kappa shape index (κ2) is 12.1. The van der Waals surface area contributed by atoms with Gasteiger partial charge in [-0.25, -0.2) is 9.97 Å². The van der Waals surface area contributed by atoms with Crippen LogP contribution in [0.3, 0.4) is 0 Å². The van der Waals surface area contributed by atoms with Crippen molar-refractivity contribution >= 4 is 55.8 Å². The molecule has 0 atom stereocenters. The number of hydrogen-bond donors (Lipinski definition) is 0. The maximum absolute atomic E-state index is 6.55. The van der Waals surface area contributed by atoms with E-state index in [1.807, 2.05) is 0 Å². The Kier molecular flexibility index (Phi) is 7.17. The zero-order valence-corrected chi connectivity index (χ0v) is 32.4. The van der Waals surface area contributed by atoms with Crippen LogP contribution in [0.15, 0.2) is 132 Å². The molecule has 0 aliphatic heterocycles. The molecule has 2 aliphatic rings. The lowest BCUT2D eigenvalue weighted by atomic mass is 9.63. The highest BCUT2D eigenvalue weighted by Gasteiger charge is 2.38. The number of rotatable bonds is 4. The summed E-state index contributed by atoms with van der Waals surface area (Å²) < 4.78 is 9.05. The predicted molar refractivity (Wildman–Crippen MR) is 233 cm³/mol. The van der Waals surface area contributed by atoms with Gasteiger partial charge >= 0.3 is 0 Å². The molecule has 11 rings (SSSR count).